The summed E-state index contributed by atoms with van der Waals surface area (Å²) >= 11 is 6.25. The van der Waals surface area contributed by atoms with Gasteiger partial charge in [-0.1, -0.05) is 11.6 Å². The molecule has 2 heterocycles. The summed E-state index contributed by atoms with van der Waals surface area (Å²) in [4.78, 5) is 4.37. The van der Waals surface area contributed by atoms with Crippen LogP contribution in [-0.2, 0) is 19.7 Å². The second kappa shape index (κ2) is 6.24. The first-order valence-corrected chi connectivity index (χ1v) is 6.95. The molecule has 108 valence electrons. The molecule has 0 spiro atoms. The number of halogens is 1. The van der Waals surface area contributed by atoms with Gasteiger partial charge in [-0.15, -0.1) is 0 Å². The summed E-state index contributed by atoms with van der Waals surface area (Å²) < 4.78 is 7.67. The molecule has 0 radical (unpaired) electrons. The maximum absolute atomic E-state index is 6.25. The van der Waals surface area contributed by atoms with E-state index in [0.29, 0.717) is 23.9 Å². The standard InChI is InChI=1S/C14H19ClN4O/c1-4-19-12(14(15)10(3)18-19)8-20-13-6-5-9(2)17-11(13)7-16/h5-6H,4,7-8,16H2,1-3H3. The molecule has 2 aromatic heterocycles. The molecule has 0 unspecified atom stereocenters. The quantitative estimate of drug-likeness (QED) is 0.920. The molecule has 0 aromatic carbocycles. The van der Waals surface area contributed by atoms with Crippen molar-refractivity contribution in [2.45, 2.75) is 40.5 Å². The third kappa shape index (κ3) is 2.94. The third-order valence-corrected chi connectivity index (χ3v) is 3.57. The summed E-state index contributed by atoms with van der Waals surface area (Å²) in [5.41, 5.74) is 9.05. The van der Waals surface area contributed by atoms with Crippen LogP contribution in [0.25, 0.3) is 0 Å². The molecular formula is C14H19ClN4O. The number of aromatic nitrogens is 3. The van der Waals surface area contributed by atoms with Gasteiger partial charge in [0.2, 0.25) is 0 Å². The number of nitrogens with two attached hydrogens (primary N) is 1. The van der Waals surface area contributed by atoms with E-state index in [9.17, 15) is 0 Å². The van der Waals surface area contributed by atoms with E-state index in [1.165, 1.54) is 0 Å². The van der Waals surface area contributed by atoms with Crippen LogP contribution in [-0.4, -0.2) is 14.8 Å². The lowest BCUT2D eigenvalue weighted by molar-refractivity contribution is 0.288. The van der Waals surface area contributed by atoms with E-state index in [2.05, 4.69) is 10.1 Å². The van der Waals surface area contributed by atoms with E-state index in [4.69, 9.17) is 22.1 Å². The van der Waals surface area contributed by atoms with E-state index in [1.807, 2.05) is 37.6 Å². The predicted octanol–water partition coefficient (Wildman–Crippen LogP) is 2.61. The molecule has 0 saturated heterocycles. The largest absolute Gasteiger partial charge is 0.485 e. The lowest BCUT2D eigenvalue weighted by Gasteiger charge is -2.11. The van der Waals surface area contributed by atoms with Crippen LogP contribution in [0.5, 0.6) is 5.75 Å². The number of hydrogen-bond donors (Lipinski definition) is 1. The lowest BCUT2D eigenvalue weighted by Crippen LogP contribution is -2.09. The van der Waals surface area contributed by atoms with Crippen molar-refractivity contribution in [1.82, 2.24) is 14.8 Å². The van der Waals surface area contributed by atoms with Crippen molar-refractivity contribution >= 4 is 11.6 Å². The predicted molar refractivity (Wildman–Crippen MR) is 78.8 cm³/mol. The van der Waals surface area contributed by atoms with Gasteiger partial charge in [0.25, 0.3) is 0 Å². The van der Waals surface area contributed by atoms with Gasteiger partial charge in [0.15, 0.2) is 0 Å². The molecule has 0 saturated carbocycles. The van der Waals surface area contributed by atoms with Crippen molar-refractivity contribution in [1.29, 1.82) is 0 Å². The van der Waals surface area contributed by atoms with Gasteiger partial charge in [-0.3, -0.25) is 9.67 Å². The molecule has 0 fully saturated rings. The van der Waals surface area contributed by atoms with Crippen LogP contribution >= 0.6 is 11.6 Å². The molecule has 2 rings (SSSR count). The van der Waals surface area contributed by atoms with E-state index >= 15 is 0 Å². The molecule has 6 heteroatoms. The topological polar surface area (TPSA) is 66.0 Å². The Hall–Kier alpha value is -1.59. The van der Waals surface area contributed by atoms with Gasteiger partial charge in [0, 0.05) is 18.8 Å². The van der Waals surface area contributed by atoms with Gasteiger partial charge < -0.3 is 10.5 Å². The zero-order chi connectivity index (χ0) is 14.7. The number of aryl methyl sites for hydroxylation is 3. The molecule has 2 aromatic rings. The van der Waals surface area contributed by atoms with Crippen molar-refractivity contribution in [3.63, 3.8) is 0 Å². The number of ether oxygens (including phenoxy) is 1. The van der Waals surface area contributed by atoms with E-state index in [0.717, 1.165) is 29.3 Å². The molecular weight excluding hydrogens is 276 g/mol. The second-order valence-electron chi connectivity index (χ2n) is 4.55. The van der Waals surface area contributed by atoms with Crippen LogP contribution < -0.4 is 10.5 Å². The van der Waals surface area contributed by atoms with Gasteiger partial charge in [-0.25, -0.2) is 0 Å². The Morgan fingerprint density at radius 3 is 2.75 bits per heavy atom. The highest BCUT2D eigenvalue weighted by Gasteiger charge is 2.14. The molecule has 0 aliphatic rings. The minimum absolute atomic E-state index is 0.344. The maximum atomic E-state index is 6.25. The van der Waals surface area contributed by atoms with Gasteiger partial charge in [0.1, 0.15) is 12.4 Å². The van der Waals surface area contributed by atoms with E-state index < -0.39 is 0 Å². The Labute approximate surface area is 123 Å². The highest BCUT2D eigenvalue weighted by Crippen LogP contribution is 2.23. The normalized spacial score (nSPS) is 10.8. The van der Waals surface area contributed by atoms with Crippen LogP contribution in [0.15, 0.2) is 12.1 Å². The average molecular weight is 295 g/mol. The fourth-order valence-electron chi connectivity index (χ4n) is 2.03. The second-order valence-corrected chi connectivity index (χ2v) is 4.93. The first-order chi connectivity index (χ1) is 9.56. The summed E-state index contributed by atoms with van der Waals surface area (Å²) in [7, 11) is 0. The maximum Gasteiger partial charge on any atom is 0.142 e. The zero-order valence-corrected chi connectivity index (χ0v) is 12.7. The summed E-state index contributed by atoms with van der Waals surface area (Å²) in [6.07, 6.45) is 0. The van der Waals surface area contributed by atoms with Crippen molar-refractivity contribution in [3.8, 4) is 5.75 Å². The SMILES string of the molecule is CCn1nc(C)c(Cl)c1COc1ccc(C)nc1CN. The summed E-state index contributed by atoms with van der Waals surface area (Å²) in [6, 6.07) is 3.79. The highest BCUT2D eigenvalue weighted by molar-refractivity contribution is 6.31. The van der Waals surface area contributed by atoms with Crippen LogP contribution in [0.3, 0.4) is 0 Å². The summed E-state index contributed by atoms with van der Waals surface area (Å²) in [5, 5.41) is 5.02. The Bertz CT molecular complexity index is 609. The van der Waals surface area contributed by atoms with Crippen LogP contribution in [0, 0.1) is 13.8 Å². The smallest absolute Gasteiger partial charge is 0.142 e. The highest BCUT2D eigenvalue weighted by atomic mass is 35.5. The van der Waals surface area contributed by atoms with Crippen molar-refractivity contribution in [2.24, 2.45) is 5.73 Å². The van der Waals surface area contributed by atoms with Crippen LogP contribution in [0.2, 0.25) is 5.02 Å². The lowest BCUT2D eigenvalue weighted by atomic mass is 10.3. The molecule has 0 amide bonds. The molecule has 2 N–H and O–H groups in total. The molecule has 0 aliphatic carbocycles. The van der Waals surface area contributed by atoms with Crippen molar-refractivity contribution in [3.05, 3.63) is 39.9 Å². The summed E-state index contributed by atoms with van der Waals surface area (Å²) in [6.45, 7) is 7.28. The monoisotopic (exact) mass is 294 g/mol. The van der Waals surface area contributed by atoms with Crippen LogP contribution in [0.1, 0.15) is 29.7 Å². The number of nitrogens with zero attached hydrogens (tertiary/aromatic N) is 3. The first kappa shape index (κ1) is 14.8. The van der Waals surface area contributed by atoms with Gasteiger partial charge in [0.05, 0.1) is 22.1 Å². The van der Waals surface area contributed by atoms with Crippen molar-refractivity contribution in [2.75, 3.05) is 0 Å². The van der Waals surface area contributed by atoms with Crippen LogP contribution in [0.4, 0.5) is 0 Å². The summed E-state index contributed by atoms with van der Waals surface area (Å²) in [5.74, 6) is 0.690. The average Bonchev–Trinajstić information content (AvgIpc) is 2.72. The Kier molecular flexibility index (Phi) is 4.62. The fourth-order valence-corrected chi connectivity index (χ4v) is 2.22. The van der Waals surface area contributed by atoms with Gasteiger partial charge in [-0.2, -0.15) is 5.10 Å². The number of rotatable bonds is 5. The Morgan fingerprint density at radius 2 is 2.10 bits per heavy atom. The number of pyridine rings is 1. The van der Waals surface area contributed by atoms with Gasteiger partial charge >= 0.3 is 0 Å². The molecule has 0 aliphatic heterocycles. The fraction of sp³-hybridized carbons (Fsp3) is 0.429. The van der Waals surface area contributed by atoms with E-state index in [-0.39, 0.29) is 0 Å². The Morgan fingerprint density at radius 1 is 1.35 bits per heavy atom. The van der Waals surface area contributed by atoms with Crippen molar-refractivity contribution < 1.29 is 4.74 Å². The molecule has 5 nitrogen and oxygen atoms in total. The Balaban J connectivity index is 2.21. The number of hydrogen-bond acceptors (Lipinski definition) is 4. The third-order valence-electron chi connectivity index (χ3n) is 3.08. The van der Waals surface area contributed by atoms with E-state index in [1.54, 1.807) is 0 Å². The minimum Gasteiger partial charge on any atom is -0.485 e. The molecule has 0 bridgehead atoms. The van der Waals surface area contributed by atoms with Gasteiger partial charge in [-0.05, 0) is 32.9 Å². The molecule has 20 heavy (non-hydrogen) atoms. The first-order valence-electron chi connectivity index (χ1n) is 6.58. The zero-order valence-electron chi connectivity index (χ0n) is 12.0. The molecule has 0 atom stereocenters. The minimum atomic E-state index is 0.344.